The van der Waals surface area contributed by atoms with Crippen LogP contribution in [0.4, 0.5) is 0 Å². The standard InChI is InChI=1S/C48H30O2/c49-35-23-25-39-42(29-35)47(40-20-11-21-44-48(40)43-26-32-16-7-8-17-33(32)28-45(43)50-44)38-19-10-9-18-37(38)46(39)34-22-24-36(30-12-3-1-4-13-30)41(27-34)31-14-5-2-6-15-31/h1-29,49H. The molecule has 10 rings (SSSR count). The first-order valence-corrected chi connectivity index (χ1v) is 17.0. The third kappa shape index (κ3) is 4.43. The molecule has 1 heterocycles. The molecule has 0 radical (unpaired) electrons. The fraction of sp³-hybridized carbons (Fsp3) is 0. The van der Waals surface area contributed by atoms with Crippen molar-refractivity contribution in [3.8, 4) is 50.3 Å². The number of hydrogen-bond acceptors (Lipinski definition) is 2. The summed E-state index contributed by atoms with van der Waals surface area (Å²) in [6.07, 6.45) is 0. The van der Waals surface area contributed by atoms with Gasteiger partial charge < -0.3 is 9.52 Å². The minimum absolute atomic E-state index is 0.236. The molecule has 0 bridgehead atoms. The second kappa shape index (κ2) is 11.2. The van der Waals surface area contributed by atoms with Crippen LogP contribution in [0.3, 0.4) is 0 Å². The highest BCUT2D eigenvalue weighted by molar-refractivity contribution is 6.26. The number of rotatable bonds is 4. The van der Waals surface area contributed by atoms with Gasteiger partial charge in [0.2, 0.25) is 0 Å². The van der Waals surface area contributed by atoms with Crippen molar-refractivity contribution in [2.24, 2.45) is 0 Å². The van der Waals surface area contributed by atoms with E-state index in [0.29, 0.717) is 0 Å². The molecule has 0 spiro atoms. The summed E-state index contributed by atoms with van der Waals surface area (Å²) < 4.78 is 6.52. The molecule has 10 aromatic rings. The van der Waals surface area contributed by atoms with Crippen LogP contribution in [0.2, 0.25) is 0 Å². The number of phenols is 1. The SMILES string of the molecule is Oc1ccc2c(-c3ccc(-c4ccccc4)c(-c4ccccc4)c3)c3ccccc3c(-c3cccc4oc5cc6ccccc6cc5c34)c2c1. The van der Waals surface area contributed by atoms with E-state index in [-0.39, 0.29) is 5.75 Å². The van der Waals surface area contributed by atoms with E-state index in [1.54, 1.807) is 6.07 Å². The van der Waals surface area contributed by atoms with Gasteiger partial charge in [0.1, 0.15) is 16.9 Å². The summed E-state index contributed by atoms with van der Waals surface area (Å²) in [6.45, 7) is 0. The lowest BCUT2D eigenvalue weighted by Gasteiger charge is -2.20. The number of aromatic hydroxyl groups is 1. The van der Waals surface area contributed by atoms with Crippen LogP contribution in [0.25, 0.3) is 98.8 Å². The van der Waals surface area contributed by atoms with Crippen molar-refractivity contribution in [2.75, 3.05) is 0 Å². The molecule has 0 aliphatic heterocycles. The average Bonchev–Trinajstić information content (AvgIpc) is 3.54. The third-order valence-corrected chi connectivity index (χ3v) is 10.1. The van der Waals surface area contributed by atoms with Gasteiger partial charge in [0, 0.05) is 10.8 Å². The molecule has 234 valence electrons. The lowest BCUT2D eigenvalue weighted by atomic mass is 9.83. The summed E-state index contributed by atoms with van der Waals surface area (Å²) in [6, 6.07) is 61.7. The van der Waals surface area contributed by atoms with E-state index in [9.17, 15) is 5.11 Å². The van der Waals surface area contributed by atoms with Gasteiger partial charge in [-0.3, -0.25) is 0 Å². The van der Waals surface area contributed by atoms with Crippen molar-refractivity contribution in [3.05, 3.63) is 176 Å². The first-order chi connectivity index (χ1) is 24.7. The Morgan fingerprint density at radius 2 is 0.980 bits per heavy atom. The van der Waals surface area contributed by atoms with Crippen LogP contribution in [0.5, 0.6) is 5.75 Å². The van der Waals surface area contributed by atoms with Gasteiger partial charge in [-0.1, -0.05) is 140 Å². The molecule has 0 saturated heterocycles. The molecule has 2 heteroatoms. The van der Waals surface area contributed by atoms with Gasteiger partial charge in [-0.2, -0.15) is 0 Å². The maximum absolute atomic E-state index is 11.0. The molecular formula is C48H30O2. The van der Waals surface area contributed by atoms with Crippen LogP contribution in [0, 0.1) is 0 Å². The van der Waals surface area contributed by atoms with E-state index < -0.39 is 0 Å². The predicted octanol–water partition coefficient (Wildman–Crippen LogP) is 13.4. The van der Waals surface area contributed by atoms with Crippen molar-refractivity contribution >= 4 is 54.3 Å². The highest BCUT2D eigenvalue weighted by atomic mass is 16.3. The predicted molar refractivity (Wildman–Crippen MR) is 210 cm³/mol. The summed E-state index contributed by atoms with van der Waals surface area (Å²) in [5.74, 6) is 0.236. The Hall–Kier alpha value is -6.64. The third-order valence-electron chi connectivity index (χ3n) is 10.1. The monoisotopic (exact) mass is 638 g/mol. The van der Waals surface area contributed by atoms with E-state index in [0.717, 1.165) is 71.1 Å². The molecule has 0 fully saturated rings. The number of hydrogen-bond donors (Lipinski definition) is 1. The quantitative estimate of drug-likeness (QED) is 0.195. The van der Waals surface area contributed by atoms with Gasteiger partial charge in [-0.25, -0.2) is 0 Å². The minimum Gasteiger partial charge on any atom is -0.508 e. The molecule has 2 nitrogen and oxygen atoms in total. The molecule has 1 N–H and O–H groups in total. The van der Waals surface area contributed by atoms with E-state index in [1.165, 1.54) is 27.6 Å². The highest BCUT2D eigenvalue weighted by Crippen LogP contribution is 2.48. The number of phenolic OH excluding ortho intramolecular Hbond substituents is 1. The van der Waals surface area contributed by atoms with Crippen LogP contribution in [-0.2, 0) is 0 Å². The fourth-order valence-corrected chi connectivity index (χ4v) is 7.91. The van der Waals surface area contributed by atoms with E-state index >= 15 is 0 Å². The topological polar surface area (TPSA) is 33.4 Å². The highest BCUT2D eigenvalue weighted by Gasteiger charge is 2.22. The van der Waals surface area contributed by atoms with Gasteiger partial charge in [0.15, 0.2) is 0 Å². The maximum Gasteiger partial charge on any atom is 0.136 e. The zero-order chi connectivity index (χ0) is 33.2. The summed E-state index contributed by atoms with van der Waals surface area (Å²) >= 11 is 0. The molecule has 9 aromatic carbocycles. The number of fused-ring (bicyclic) bond motifs is 6. The lowest BCUT2D eigenvalue weighted by Crippen LogP contribution is -1.93. The zero-order valence-electron chi connectivity index (χ0n) is 27.1. The summed E-state index contributed by atoms with van der Waals surface area (Å²) in [7, 11) is 0. The van der Waals surface area contributed by atoms with Gasteiger partial charge in [-0.05, 0) is 113 Å². The Morgan fingerprint density at radius 3 is 1.74 bits per heavy atom. The van der Waals surface area contributed by atoms with Crippen LogP contribution < -0.4 is 0 Å². The smallest absolute Gasteiger partial charge is 0.136 e. The summed E-state index contributed by atoms with van der Waals surface area (Å²) in [4.78, 5) is 0. The number of benzene rings is 9. The first kappa shape index (κ1) is 28.4. The van der Waals surface area contributed by atoms with Crippen LogP contribution in [-0.4, -0.2) is 5.11 Å². The van der Waals surface area contributed by atoms with Crippen molar-refractivity contribution in [1.82, 2.24) is 0 Å². The molecule has 0 atom stereocenters. The van der Waals surface area contributed by atoms with Crippen LogP contribution >= 0.6 is 0 Å². The zero-order valence-corrected chi connectivity index (χ0v) is 27.1. The fourth-order valence-electron chi connectivity index (χ4n) is 7.91. The molecule has 0 saturated carbocycles. The molecule has 0 aliphatic carbocycles. The number of furan rings is 1. The molecule has 1 aromatic heterocycles. The van der Waals surface area contributed by atoms with Crippen molar-refractivity contribution < 1.29 is 9.52 Å². The molecular weight excluding hydrogens is 609 g/mol. The maximum atomic E-state index is 11.0. The van der Waals surface area contributed by atoms with Gasteiger partial charge in [0.25, 0.3) is 0 Å². The van der Waals surface area contributed by atoms with E-state index in [1.807, 2.05) is 6.07 Å². The van der Waals surface area contributed by atoms with Gasteiger partial charge >= 0.3 is 0 Å². The Bertz CT molecular complexity index is 2920. The lowest BCUT2D eigenvalue weighted by molar-refractivity contribution is 0.476. The summed E-state index contributed by atoms with van der Waals surface area (Å²) in [5.41, 5.74) is 10.9. The van der Waals surface area contributed by atoms with Crippen molar-refractivity contribution in [2.45, 2.75) is 0 Å². The molecule has 0 aliphatic rings. The molecule has 0 unspecified atom stereocenters. The summed E-state index contributed by atoms with van der Waals surface area (Å²) in [5, 5.41) is 19.9. The Kier molecular flexibility index (Phi) is 6.37. The average molecular weight is 639 g/mol. The van der Waals surface area contributed by atoms with Crippen molar-refractivity contribution in [1.29, 1.82) is 0 Å². The van der Waals surface area contributed by atoms with Gasteiger partial charge in [0.05, 0.1) is 0 Å². The van der Waals surface area contributed by atoms with E-state index in [2.05, 4.69) is 164 Å². The van der Waals surface area contributed by atoms with Crippen LogP contribution in [0.1, 0.15) is 0 Å². The molecule has 0 amide bonds. The normalized spacial score (nSPS) is 11.7. The Labute approximate surface area is 289 Å². The molecule has 50 heavy (non-hydrogen) atoms. The Balaban J connectivity index is 1.30. The minimum atomic E-state index is 0.236. The second-order valence-corrected chi connectivity index (χ2v) is 13.0. The van der Waals surface area contributed by atoms with E-state index in [4.69, 9.17) is 4.42 Å². The van der Waals surface area contributed by atoms with Crippen molar-refractivity contribution in [3.63, 3.8) is 0 Å². The first-order valence-electron chi connectivity index (χ1n) is 17.0. The van der Waals surface area contributed by atoms with Crippen LogP contribution in [0.15, 0.2) is 180 Å². The largest absolute Gasteiger partial charge is 0.508 e. The Morgan fingerprint density at radius 1 is 0.340 bits per heavy atom. The van der Waals surface area contributed by atoms with Gasteiger partial charge in [-0.15, -0.1) is 0 Å². The second-order valence-electron chi connectivity index (χ2n) is 13.0.